The zero-order valence-corrected chi connectivity index (χ0v) is 6.71. The Balaban J connectivity index is 2.08. The number of furan rings is 1. The van der Waals surface area contributed by atoms with Crippen molar-refractivity contribution in [2.75, 3.05) is 6.54 Å². The van der Waals surface area contributed by atoms with Crippen LogP contribution in [0.25, 0.3) is 0 Å². The minimum atomic E-state index is 0.619. The second kappa shape index (κ2) is 2.38. The van der Waals surface area contributed by atoms with Gasteiger partial charge in [-0.25, -0.2) is 0 Å². The molecule has 11 heavy (non-hydrogen) atoms. The fourth-order valence-electron chi connectivity index (χ4n) is 1.51. The van der Waals surface area contributed by atoms with Crippen LogP contribution in [0.2, 0.25) is 0 Å². The molecule has 2 nitrogen and oxygen atoms in total. The first-order valence-electron chi connectivity index (χ1n) is 4.07. The van der Waals surface area contributed by atoms with Gasteiger partial charge >= 0.3 is 0 Å². The molecule has 0 radical (unpaired) electrons. The molecule has 2 N–H and O–H groups in total. The molecule has 0 unspecified atom stereocenters. The third-order valence-electron chi connectivity index (χ3n) is 2.35. The highest BCUT2D eigenvalue weighted by molar-refractivity contribution is 5.17. The molecule has 1 aliphatic rings. The van der Waals surface area contributed by atoms with Crippen molar-refractivity contribution in [3.63, 3.8) is 0 Å². The predicted octanol–water partition coefficient (Wildman–Crippen LogP) is 1.65. The van der Waals surface area contributed by atoms with Gasteiger partial charge in [-0.05, 0) is 37.9 Å². The van der Waals surface area contributed by atoms with Crippen LogP contribution in [0.4, 0.5) is 0 Å². The second-order valence-corrected chi connectivity index (χ2v) is 3.29. The highest BCUT2D eigenvalue weighted by atomic mass is 16.3. The topological polar surface area (TPSA) is 39.2 Å². The Kier molecular flexibility index (Phi) is 1.50. The van der Waals surface area contributed by atoms with Crippen LogP contribution in [0.1, 0.15) is 23.9 Å². The normalized spacial score (nSPS) is 28.9. The molecule has 0 amide bonds. The zero-order chi connectivity index (χ0) is 7.84. The summed E-state index contributed by atoms with van der Waals surface area (Å²) in [5.41, 5.74) is 5.53. The molecule has 1 aromatic rings. The summed E-state index contributed by atoms with van der Waals surface area (Å²) in [6.45, 7) is 2.77. The van der Waals surface area contributed by atoms with Crippen molar-refractivity contribution in [2.45, 2.75) is 19.3 Å². The fraction of sp³-hybridized carbons (Fsp3) is 0.556. The monoisotopic (exact) mass is 151 g/mol. The zero-order valence-electron chi connectivity index (χ0n) is 6.71. The van der Waals surface area contributed by atoms with Crippen LogP contribution in [0, 0.1) is 12.8 Å². The van der Waals surface area contributed by atoms with Crippen LogP contribution in [-0.4, -0.2) is 6.54 Å². The molecule has 0 saturated heterocycles. The number of aryl methyl sites for hydroxylation is 1. The van der Waals surface area contributed by atoms with Crippen LogP contribution < -0.4 is 5.73 Å². The summed E-state index contributed by atoms with van der Waals surface area (Å²) in [6, 6.07) is 4.08. The van der Waals surface area contributed by atoms with Crippen LogP contribution >= 0.6 is 0 Å². The molecule has 0 spiro atoms. The fourth-order valence-corrected chi connectivity index (χ4v) is 1.51. The molecule has 1 fully saturated rings. The second-order valence-electron chi connectivity index (χ2n) is 3.29. The van der Waals surface area contributed by atoms with Crippen LogP contribution in [0.3, 0.4) is 0 Å². The maximum Gasteiger partial charge on any atom is 0.107 e. The van der Waals surface area contributed by atoms with Gasteiger partial charge in [-0.1, -0.05) is 0 Å². The Bertz CT molecular complexity index is 254. The molecule has 1 aromatic heterocycles. The van der Waals surface area contributed by atoms with Crippen molar-refractivity contribution in [3.05, 3.63) is 23.7 Å². The van der Waals surface area contributed by atoms with E-state index in [0.717, 1.165) is 18.1 Å². The molecule has 1 aliphatic carbocycles. The van der Waals surface area contributed by atoms with E-state index in [2.05, 4.69) is 6.07 Å². The van der Waals surface area contributed by atoms with Crippen molar-refractivity contribution in [3.8, 4) is 0 Å². The van der Waals surface area contributed by atoms with E-state index in [1.54, 1.807) is 0 Å². The summed E-state index contributed by atoms with van der Waals surface area (Å²) in [6.07, 6.45) is 1.21. The molecule has 1 heterocycles. The third kappa shape index (κ3) is 1.18. The van der Waals surface area contributed by atoms with Gasteiger partial charge in [0.15, 0.2) is 0 Å². The first-order chi connectivity index (χ1) is 5.31. The summed E-state index contributed by atoms with van der Waals surface area (Å²) in [5.74, 6) is 3.43. The van der Waals surface area contributed by atoms with Crippen molar-refractivity contribution >= 4 is 0 Å². The number of nitrogens with two attached hydrogens (primary N) is 1. The molecule has 1 saturated carbocycles. The lowest BCUT2D eigenvalue weighted by atomic mass is 10.2. The van der Waals surface area contributed by atoms with Gasteiger partial charge in [0, 0.05) is 5.92 Å². The van der Waals surface area contributed by atoms with Crippen molar-refractivity contribution in [1.82, 2.24) is 0 Å². The summed E-state index contributed by atoms with van der Waals surface area (Å²) in [5, 5.41) is 0. The van der Waals surface area contributed by atoms with E-state index in [-0.39, 0.29) is 0 Å². The molecule has 2 heteroatoms. The lowest BCUT2D eigenvalue weighted by molar-refractivity contribution is 0.478. The molecular weight excluding hydrogens is 138 g/mol. The van der Waals surface area contributed by atoms with Gasteiger partial charge in [0.1, 0.15) is 11.5 Å². The maximum absolute atomic E-state index is 5.53. The Labute approximate surface area is 66.4 Å². The summed E-state index contributed by atoms with van der Waals surface area (Å²) in [4.78, 5) is 0. The average Bonchev–Trinajstić information content (AvgIpc) is 2.68. The van der Waals surface area contributed by atoms with Crippen LogP contribution in [0.15, 0.2) is 16.5 Å². The van der Waals surface area contributed by atoms with Gasteiger partial charge in [0.2, 0.25) is 0 Å². The summed E-state index contributed by atoms with van der Waals surface area (Å²) >= 11 is 0. The van der Waals surface area contributed by atoms with Gasteiger partial charge in [-0.15, -0.1) is 0 Å². The Morgan fingerprint density at radius 1 is 1.64 bits per heavy atom. The van der Waals surface area contributed by atoms with E-state index in [4.69, 9.17) is 10.2 Å². The van der Waals surface area contributed by atoms with Gasteiger partial charge in [0.05, 0.1) is 0 Å². The Hall–Kier alpha value is -0.760. The SMILES string of the molecule is Cc1ccc([C@@H]2C[C@H]2CN)o1. The van der Waals surface area contributed by atoms with Gasteiger partial charge < -0.3 is 10.2 Å². The first kappa shape index (κ1) is 6.92. The Morgan fingerprint density at radius 2 is 2.45 bits per heavy atom. The molecule has 0 aliphatic heterocycles. The minimum Gasteiger partial charge on any atom is -0.466 e. The molecule has 2 atom stereocenters. The summed E-state index contributed by atoms with van der Waals surface area (Å²) in [7, 11) is 0. The van der Waals surface area contributed by atoms with Crippen LogP contribution in [0.5, 0.6) is 0 Å². The lowest BCUT2D eigenvalue weighted by Gasteiger charge is -1.91. The molecule has 2 rings (SSSR count). The summed E-state index contributed by atoms with van der Waals surface area (Å²) < 4.78 is 5.48. The highest BCUT2D eigenvalue weighted by Crippen LogP contribution is 2.46. The van der Waals surface area contributed by atoms with E-state index in [1.807, 2.05) is 13.0 Å². The third-order valence-corrected chi connectivity index (χ3v) is 2.35. The van der Waals surface area contributed by atoms with E-state index in [9.17, 15) is 0 Å². The molecular formula is C9H13NO. The van der Waals surface area contributed by atoms with Crippen molar-refractivity contribution < 1.29 is 4.42 Å². The average molecular weight is 151 g/mol. The Morgan fingerprint density at radius 3 is 2.91 bits per heavy atom. The van der Waals surface area contributed by atoms with Gasteiger partial charge in [-0.3, -0.25) is 0 Å². The molecule has 0 bridgehead atoms. The highest BCUT2D eigenvalue weighted by Gasteiger charge is 2.39. The smallest absolute Gasteiger partial charge is 0.107 e. The minimum absolute atomic E-state index is 0.619. The lowest BCUT2D eigenvalue weighted by Crippen LogP contribution is -2.01. The maximum atomic E-state index is 5.53. The quantitative estimate of drug-likeness (QED) is 0.698. The van der Waals surface area contributed by atoms with Crippen molar-refractivity contribution in [2.24, 2.45) is 11.7 Å². The number of hydrogen-bond acceptors (Lipinski definition) is 2. The number of rotatable bonds is 2. The molecule has 0 aromatic carbocycles. The van der Waals surface area contributed by atoms with Crippen LogP contribution in [-0.2, 0) is 0 Å². The van der Waals surface area contributed by atoms with Gasteiger partial charge in [0.25, 0.3) is 0 Å². The first-order valence-corrected chi connectivity index (χ1v) is 4.07. The largest absolute Gasteiger partial charge is 0.466 e. The number of hydrogen-bond donors (Lipinski definition) is 1. The van der Waals surface area contributed by atoms with E-state index in [1.165, 1.54) is 6.42 Å². The predicted molar refractivity (Wildman–Crippen MR) is 43.3 cm³/mol. The van der Waals surface area contributed by atoms with E-state index >= 15 is 0 Å². The van der Waals surface area contributed by atoms with E-state index in [0.29, 0.717) is 11.8 Å². The standard InChI is InChI=1S/C9H13NO/c1-6-2-3-9(11-6)8-4-7(8)5-10/h2-3,7-8H,4-5,10H2,1H3/t7-,8+/m0/s1. The van der Waals surface area contributed by atoms with E-state index < -0.39 is 0 Å². The van der Waals surface area contributed by atoms with Crippen molar-refractivity contribution in [1.29, 1.82) is 0 Å². The van der Waals surface area contributed by atoms with Gasteiger partial charge in [-0.2, -0.15) is 0 Å². The molecule has 60 valence electrons.